The molecule has 2 unspecified atom stereocenters. The highest BCUT2D eigenvalue weighted by Crippen LogP contribution is 2.43. The molecule has 0 fully saturated rings. The monoisotopic (exact) mass is 220 g/mol. The van der Waals surface area contributed by atoms with E-state index in [2.05, 4.69) is 0 Å². The van der Waals surface area contributed by atoms with Gasteiger partial charge in [0.05, 0.1) is 5.03 Å². The van der Waals surface area contributed by atoms with Crippen LogP contribution in [0.2, 0.25) is 0 Å². The van der Waals surface area contributed by atoms with Crippen molar-refractivity contribution in [2.75, 3.05) is 0 Å². The van der Waals surface area contributed by atoms with Crippen LogP contribution in [0.1, 0.15) is 27.7 Å². The molecule has 1 aliphatic rings. The van der Waals surface area contributed by atoms with Crippen molar-refractivity contribution in [1.29, 1.82) is 0 Å². The van der Waals surface area contributed by atoms with Crippen molar-refractivity contribution >= 4 is 23.2 Å². The summed E-state index contributed by atoms with van der Waals surface area (Å²) in [6.07, 6.45) is 0. The fraction of sp³-hybridized carbons (Fsp3) is 0.600. The first kappa shape index (κ1) is 11.1. The van der Waals surface area contributed by atoms with Crippen LogP contribution in [0.3, 0.4) is 0 Å². The normalized spacial score (nSPS) is 35.8. The van der Waals surface area contributed by atoms with E-state index in [4.69, 9.17) is 23.2 Å². The Kier molecular flexibility index (Phi) is 2.82. The molecule has 1 nitrogen and oxygen atoms in total. The lowest BCUT2D eigenvalue weighted by Crippen LogP contribution is -2.37. The van der Waals surface area contributed by atoms with E-state index in [9.17, 15) is 5.11 Å². The third-order valence-corrected chi connectivity index (χ3v) is 4.19. The van der Waals surface area contributed by atoms with Crippen LogP contribution >= 0.6 is 23.2 Å². The standard InChI is InChI=1S/C10H14Cl2O/c1-5-7(3)10(4,13)9(12)6(2)8(5)11/h7,13H,1-4H3. The predicted molar refractivity (Wildman–Crippen MR) is 56.9 cm³/mol. The van der Waals surface area contributed by atoms with Gasteiger partial charge in [0.1, 0.15) is 5.60 Å². The first-order valence-corrected chi connectivity index (χ1v) is 5.01. The Morgan fingerprint density at radius 1 is 1.31 bits per heavy atom. The topological polar surface area (TPSA) is 20.2 Å². The minimum Gasteiger partial charge on any atom is -0.384 e. The molecule has 74 valence electrons. The molecule has 0 bridgehead atoms. The van der Waals surface area contributed by atoms with E-state index < -0.39 is 5.60 Å². The van der Waals surface area contributed by atoms with Gasteiger partial charge >= 0.3 is 0 Å². The van der Waals surface area contributed by atoms with Gasteiger partial charge in [-0.1, -0.05) is 30.1 Å². The lowest BCUT2D eigenvalue weighted by atomic mass is 9.79. The first-order valence-electron chi connectivity index (χ1n) is 4.26. The van der Waals surface area contributed by atoms with Crippen molar-refractivity contribution < 1.29 is 5.11 Å². The van der Waals surface area contributed by atoms with Crippen LogP contribution in [0.15, 0.2) is 21.2 Å². The second-order valence-electron chi connectivity index (χ2n) is 3.81. The Balaban J connectivity index is 3.32. The molecule has 0 saturated carbocycles. The van der Waals surface area contributed by atoms with Crippen LogP contribution in [0.25, 0.3) is 0 Å². The molecular formula is C10H14Cl2O. The average Bonchev–Trinajstić information content (AvgIpc) is 2.09. The van der Waals surface area contributed by atoms with E-state index in [0.717, 1.165) is 11.1 Å². The Morgan fingerprint density at radius 3 is 2.23 bits per heavy atom. The summed E-state index contributed by atoms with van der Waals surface area (Å²) in [7, 11) is 0. The minimum absolute atomic E-state index is 0.0313. The highest BCUT2D eigenvalue weighted by Gasteiger charge is 2.38. The molecule has 1 N–H and O–H groups in total. The number of aliphatic hydroxyl groups is 1. The highest BCUT2D eigenvalue weighted by atomic mass is 35.5. The molecule has 0 amide bonds. The number of hydrogen-bond acceptors (Lipinski definition) is 1. The van der Waals surface area contributed by atoms with Gasteiger partial charge in [-0.15, -0.1) is 0 Å². The van der Waals surface area contributed by atoms with E-state index >= 15 is 0 Å². The largest absolute Gasteiger partial charge is 0.384 e. The van der Waals surface area contributed by atoms with Gasteiger partial charge < -0.3 is 5.11 Å². The maximum absolute atomic E-state index is 10.1. The van der Waals surface area contributed by atoms with Crippen molar-refractivity contribution in [1.82, 2.24) is 0 Å². The van der Waals surface area contributed by atoms with Crippen LogP contribution in [0, 0.1) is 5.92 Å². The predicted octanol–water partition coefficient (Wildman–Crippen LogP) is 3.41. The van der Waals surface area contributed by atoms with Gasteiger partial charge in [0.15, 0.2) is 0 Å². The van der Waals surface area contributed by atoms with Gasteiger partial charge in [-0.2, -0.15) is 0 Å². The van der Waals surface area contributed by atoms with Crippen LogP contribution in [0.4, 0.5) is 0 Å². The number of allylic oxidation sites excluding steroid dienone is 2. The third-order valence-electron chi connectivity index (χ3n) is 2.94. The van der Waals surface area contributed by atoms with Crippen LogP contribution in [0.5, 0.6) is 0 Å². The van der Waals surface area contributed by atoms with Crippen LogP contribution < -0.4 is 0 Å². The molecule has 0 radical (unpaired) electrons. The zero-order valence-corrected chi connectivity index (χ0v) is 9.79. The van der Waals surface area contributed by atoms with Gasteiger partial charge in [-0.3, -0.25) is 0 Å². The van der Waals surface area contributed by atoms with Gasteiger partial charge in [0, 0.05) is 11.0 Å². The Bertz CT molecular complexity index is 300. The summed E-state index contributed by atoms with van der Waals surface area (Å²) < 4.78 is 0. The molecule has 2 atom stereocenters. The second-order valence-corrected chi connectivity index (χ2v) is 4.56. The van der Waals surface area contributed by atoms with Crippen LogP contribution in [-0.4, -0.2) is 10.7 Å². The summed E-state index contributed by atoms with van der Waals surface area (Å²) in [5, 5.41) is 11.2. The molecule has 13 heavy (non-hydrogen) atoms. The van der Waals surface area contributed by atoms with Crippen molar-refractivity contribution in [3.63, 3.8) is 0 Å². The van der Waals surface area contributed by atoms with Gasteiger partial charge in [-0.25, -0.2) is 0 Å². The van der Waals surface area contributed by atoms with E-state index in [1.165, 1.54) is 0 Å². The van der Waals surface area contributed by atoms with Gasteiger partial charge in [0.2, 0.25) is 0 Å². The Hall–Kier alpha value is 0.0200. The zero-order chi connectivity index (χ0) is 10.4. The lowest BCUT2D eigenvalue weighted by molar-refractivity contribution is 0.0620. The lowest BCUT2D eigenvalue weighted by Gasteiger charge is -2.36. The number of halogens is 2. The SMILES string of the molecule is CC1=C(Cl)C(C)(O)C(C)C(C)=C1Cl. The summed E-state index contributed by atoms with van der Waals surface area (Å²) >= 11 is 12.1. The van der Waals surface area contributed by atoms with E-state index in [-0.39, 0.29) is 5.92 Å². The third kappa shape index (κ3) is 1.54. The second kappa shape index (κ2) is 3.30. The average molecular weight is 221 g/mol. The van der Waals surface area contributed by atoms with E-state index in [0.29, 0.717) is 10.1 Å². The van der Waals surface area contributed by atoms with Gasteiger partial charge in [-0.05, 0) is 31.9 Å². The zero-order valence-electron chi connectivity index (χ0n) is 8.28. The molecule has 0 spiro atoms. The minimum atomic E-state index is -0.978. The fourth-order valence-corrected chi connectivity index (χ4v) is 2.14. The molecule has 3 heteroatoms. The van der Waals surface area contributed by atoms with Crippen molar-refractivity contribution in [3.05, 3.63) is 21.2 Å². The quantitative estimate of drug-likeness (QED) is 0.664. The summed E-state index contributed by atoms with van der Waals surface area (Å²) in [5.41, 5.74) is 0.797. The summed E-state index contributed by atoms with van der Waals surface area (Å²) in [4.78, 5) is 0. The first-order chi connectivity index (χ1) is 5.80. The summed E-state index contributed by atoms with van der Waals surface area (Å²) in [6.45, 7) is 7.39. The molecule has 1 rings (SSSR count). The molecule has 0 aromatic carbocycles. The molecule has 0 aliphatic heterocycles. The van der Waals surface area contributed by atoms with Crippen LogP contribution in [-0.2, 0) is 0 Å². The van der Waals surface area contributed by atoms with E-state index in [1.54, 1.807) is 6.92 Å². The maximum atomic E-state index is 10.1. The Labute approximate surface area is 89.0 Å². The van der Waals surface area contributed by atoms with Gasteiger partial charge in [0.25, 0.3) is 0 Å². The molecule has 0 saturated heterocycles. The smallest absolute Gasteiger partial charge is 0.104 e. The molecule has 1 aliphatic carbocycles. The molecule has 0 aromatic rings. The molecule has 0 heterocycles. The van der Waals surface area contributed by atoms with Crippen molar-refractivity contribution in [2.24, 2.45) is 5.92 Å². The highest BCUT2D eigenvalue weighted by molar-refractivity contribution is 6.36. The fourth-order valence-electron chi connectivity index (χ4n) is 1.57. The molecular weight excluding hydrogens is 207 g/mol. The number of hydrogen-bond donors (Lipinski definition) is 1. The Morgan fingerprint density at radius 2 is 1.77 bits per heavy atom. The van der Waals surface area contributed by atoms with Crippen molar-refractivity contribution in [2.45, 2.75) is 33.3 Å². The van der Waals surface area contributed by atoms with Crippen molar-refractivity contribution in [3.8, 4) is 0 Å². The van der Waals surface area contributed by atoms with E-state index in [1.807, 2.05) is 20.8 Å². The summed E-state index contributed by atoms with van der Waals surface area (Å²) in [6, 6.07) is 0. The molecule has 0 aromatic heterocycles. The summed E-state index contributed by atoms with van der Waals surface area (Å²) in [5.74, 6) is -0.0313. The number of rotatable bonds is 0. The maximum Gasteiger partial charge on any atom is 0.104 e.